The third kappa shape index (κ3) is 5.31. The zero-order valence-electron chi connectivity index (χ0n) is 19.0. The fraction of sp³-hybridized carbons (Fsp3) is 0.565. The van der Waals surface area contributed by atoms with Crippen LogP contribution in [-0.4, -0.2) is 29.2 Å². The zero-order valence-corrected chi connectivity index (χ0v) is 19.8. The van der Waals surface area contributed by atoms with Gasteiger partial charge < -0.3 is 9.31 Å². The van der Waals surface area contributed by atoms with E-state index in [-0.39, 0.29) is 24.2 Å². The summed E-state index contributed by atoms with van der Waals surface area (Å²) in [5.74, 6) is -0.137. The number of aryl methyl sites for hydroxylation is 2. The van der Waals surface area contributed by atoms with Gasteiger partial charge in [0, 0.05) is 16.8 Å². The van der Waals surface area contributed by atoms with Crippen LogP contribution in [0, 0.1) is 0 Å². The molecule has 1 aliphatic carbocycles. The lowest BCUT2D eigenvalue weighted by Gasteiger charge is -2.32. The average Bonchev–Trinajstić information content (AvgIpc) is 3.16. The number of rotatable bonds is 6. The molecule has 0 radical (unpaired) electrons. The molecular weight excluding hydrogens is 395 g/mol. The minimum absolute atomic E-state index is 0.137. The van der Waals surface area contributed by atoms with Crippen molar-refractivity contribution in [1.82, 2.24) is 4.98 Å². The third-order valence-corrected chi connectivity index (χ3v) is 7.06. The SMILES string of the molecule is CC=CC(=CC(C)=CCB1OC(C)(C)C(C)(C)O1)C(=O)Nc1nc2c(s1)CCCC2. The van der Waals surface area contributed by atoms with E-state index in [4.69, 9.17) is 9.31 Å². The van der Waals surface area contributed by atoms with Crippen LogP contribution in [0.1, 0.15) is 65.0 Å². The summed E-state index contributed by atoms with van der Waals surface area (Å²) in [5.41, 5.74) is 2.08. The molecule has 30 heavy (non-hydrogen) atoms. The van der Waals surface area contributed by atoms with Gasteiger partial charge in [-0.15, -0.1) is 11.3 Å². The average molecular weight is 428 g/mol. The van der Waals surface area contributed by atoms with E-state index in [2.05, 4.69) is 44.1 Å². The van der Waals surface area contributed by atoms with Gasteiger partial charge in [-0.25, -0.2) is 4.98 Å². The van der Waals surface area contributed by atoms with Crippen molar-refractivity contribution < 1.29 is 14.1 Å². The van der Waals surface area contributed by atoms with Gasteiger partial charge in [-0.3, -0.25) is 10.1 Å². The van der Waals surface area contributed by atoms with E-state index in [1.54, 1.807) is 11.3 Å². The van der Waals surface area contributed by atoms with E-state index in [1.807, 2.05) is 32.1 Å². The molecule has 1 aromatic rings. The second kappa shape index (κ2) is 9.21. The number of nitrogens with zero attached hydrogens (tertiary/aromatic N) is 1. The van der Waals surface area contributed by atoms with Gasteiger partial charge in [0.25, 0.3) is 5.91 Å². The van der Waals surface area contributed by atoms with Gasteiger partial charge in [0.15, 0.2) is 5.13 Å². The highest BCUT2D eigenvalue weighted by atomic mass is 32.1. The van der Waals surface area contributed by atoms with Gasteiger partial charge in [0.1, 0.15) is 0 Å². The maximum absolute atomic E-state index is 12.8. The Kier molecular flexibility index (Phi) is 7.05. The first kappa shape index (κ1) is 23.0. The molecule has 1 aromatic heterocycles. The minimum atomic E-state index is -0.335. The lowest BCUT2D eigenvalue weighted by Crippen LogP contribution is -2.41. The molecule has 3 rings (SSSR count). The van der Waals surface area contributed by atoms with Gasteiger partial charge in [-0.2, -0.15) is 0 Å². The van der Waals surface area contributed by atoms with Crippen molar-refractivity contribution >= 4 is 29.5 Å². The molecule has 0 saturated carbocycles. The van der Waals surface area contributed by atoms with E-state index >= 15 is 0 Å². The molecule has 0 unspecified atom stereocenters. The Morgan fingerprint density at radius 2 is 1.87 bits per heavy atom. The summed E-state index contributed by atoms with van der Waals surface area (Å²) in [6.45, 7) is 12.1. The predicted molar refractivity (Wildman–Crippen MR) is 125 cm³/mol. The number of hydrogen-bond acceptors (Lipinski definition) is 5. The number of thiazole rings is 1. The summed E-state index contributed by atoms with van der Waals surface area (Å²) < 4.78 is 12.1. The van der Waals surface area contributed by atoms with E-state index in [9.17, 15) is 4.79 Å². The lowest BCUT2D eigenvalue weighted by molar-refractivity contribution is -0.112. The zero-order chi connectivity index (χ0) is 21.9. The maximum atomic E-state index is 12.8. The summed E-state index contributed by atoms with van der Waals surface area (Å²) in [5, 5.41) is 3.68. The molecule has 1 amide bonds. The molecule has 0 aromatic carbocycles. The Balaban J connectivity index is 1.66. The normalized spacial score (nSPS) is 21.2. The van der Waals surface area contributed by atoms with Gasteiger partial charge >= 0.3 is 7.12 Å². The quantitative estimate of drug-likeness (QED) is 0.369. The monoisotopic (exact) mass is 428 g/mol. The van der Waals surface area contributed by atoms with Crippen LogP contribution >= 0.6 is 11.3 Å². The Bertz CT molecular complexity index is 844. The molecular formula is C23H33BN2O3S. The second-order valence-corrected chi connectivity index (χ2v) is 10.1. The highest BCUT2D eigenvalue weighted by Gasteiger charge is 2.50. The van der Waals surface area contributed by atoms with E-state index in [0.717, 1.165) is 24.1 Å². The lowest BCUT2D eigenvalue weighted by atomic mass is 9.84. The van der Waals surface area contributed by atoms with E-state index in [1.165, 1.54) is 17.7 Å². The molecule has 2 heterocycles. The van der Waals surface area contributed by atoms with Crippen LogP contribution in [0.15, 0.2) is 35.5 Å². The minimum Gasteiger partial charge on any atom is -0.403 e. The van der Waals surface area contributed by atoms with Gasteiger partial charge in [0.05, 0.1) is 16.9 Å². The van der Waals surface area contributed by atoms with E-state index in [0.29, 0.717) is 17.0 Å². The molecule has 2 aliphatic rings. The maximum Gasteiger partial charge on any atom is 0.461 e. The molecule has 162 valence electrons. The van der Waals surface area contributed by atoms with Crippen molar-refractivity contribution in [3.05, 3.63) is 46.0 Å². The Labute approximate surface area is 184 Å². The molecule has 0 bridgehead atoms. The van der Waals surface area contributed by atoms with Gasteiger partial charge in [0.2, 0.25) is 0 Å². The number of fused-ring (bicyclic) bond motifs is 1. The van der Waals surface area contributed by atoms with Crippen LogP contribution in [0.4, 0.5) is 5.13 Å². The van der Waals surface area contributed by atoms with Crippen LogP contribution in [0.3, 0.4) is 0 Å². The molecule has 5 nitrogen and oxygen atoms in total. The van der Waals surface area contributed by atoms with Crippen molar-refractivity contribution in [2.45, 2.75) is 84.7 Å². The van der Waals surface area contributed by atoms with Crippen molar-refractivity contribution in [3.8, 4) is 0 Å². The van der Waals surface area contributed by atoms with E-state index < -0.39 is 0 Å². The molecule has 1 N–H and O–H groups in total. The Morgan fingerprint density at radius 1 is 1.20 bits per heavy atom. The summed E-state index contributed by atoms with van der Waals surface area (Å²) in [7, 11) is -0.279. The predicted octanol–water partition coefficient (Wildman–Crippen LogP) is 5.50. The number of aromatic nitrogens is 1. The summed E-state index contributed by atoms with van der Waals surface area (Å²) in [6, 6.07) is 0. The van der Waals surface area contributed by atoms with Crippen molar-refractivity contribution in [2.24, 2.45) is 0 Å². The highest BCUT2D eigenvalue weighted by molar-refractivity contribution is 7.15. The number of carbonyl (C=O) groups is 1. The highest BCUT2D eigenvalue weighted by Crippen LogP contribution is 2.38. The first-order valence-corrected chi connectivity index (χ1v) is 11.6. The fourth-order valence-electron chi connectivity index (χ4n) is 3.59. The summed E-state index contributed by atoms with van der Waals surface area (Å²) >= 11 is 1.60. The number of carbonyl (C=O) groups excluding carboxylic acids is 1. The number of amides is 1. The van der Waals surface area contributed by atoms with Crippen molar-refractivity contribution in [2.75, 3.05) is 5.32 Å². The molecule has 0 spiro atoms. The van der Waals surface area contributed by atoms with Crippen LogP contribution in [-0.2, 0) is 26.9 Å². The number of anilines is 1. The first-order valence-electron chi connectivity index (χ1n) is 10.8. The second-order valence-electron chi connectivity index (χ2n) is 9.02. The smallest absolute Gasteiger partial charge is 0.403 e. The Morgan fingerprint density at radius 3 is 2.50 bits per heavy atom. The molecule has 7 heteroatoms. The molecule has 1 saturated heterocycles. The summed E-state index contributed by atoms with van der Waals surface area (Å²) in [4.78, 5) is 18.8. The molecule has 1 aliphatic heterocycles. The van der Waals surface area contributed by atoms with Gasteiger partial charge in [-0.05, 0) is 73.3 Å². The standard InChI is InChI=1S/C23H33BN2O3S/c1-7-10-17(20(27)26-21-25-18-11-8-9-12-19(18)30-21)15-16(2)13-14-24-28-22(3,4)23(5,6)29-24/h7,10,13,15H,8-9,11-12,14H2,1-6H3,(H,25,26,27). The number of allylic oxidation sites excluding steroid dienone is 4. The molecule has 0 atom stereocenters. The van der Waals surface area contributed by atoms with Crippen LogP contribution in [0.25, 0.3) is 0 Å². The van der Waals surface area contributed by atoms with Crippen LogP contribution in [0.5, 0.6) is 0 Å². The van der Waals surface area contributed by atoms with Crippen molar-refractivity contribution in [3.63, 3.8) is 0 Å². The summed E-state index contributed by atoms with van der Waals surface area (Å²) in [6.07, 6.45) is 12.8. The van der Waals surface area contributed by atoms with Crippen LogP contribution < -0.4 is 5.32 Å². The van der Waals surface area contributed by atoms with Crippen molar-refractivity contribution in [1.29, 1.82) is 0 Å². The third-order valence-electron chi connectivity index (χ3n) is 5.99. The molecule has 1 fully saturated rings. The largest absolute Gasteiger partial charge is 0.461 e. The fourth-order valence-corrected chi connectivity index (χ4v) is 4.64. The first-order chi connectivity index (χ1) is 14.1. The van der Waals surface area contributed by atoms with Gasteiger partial charge in [-0.1, -0.05) is 23.8 Å². The Hall–Kier alpha value is -1.70. The topological polar surface area (TPSA) is 60.5 Å². The number of hydrogen-bond donors (Lipinski definition) is 1. The van der Waals surface area contributed by atoms with Crippen LogP contribution in [0.2, 0.25) is 6.32 Å². The number of nitrogens with one attached hydrogen (secondary N) is 1.